The van der Waals surface area contributed by atoms with E-state index in [1.54, 1.807) is 44.2 Å². The highest BCUT2D eigenvalue weighted by molar-refractivity contribution is 5.99. The molecule has 0 aliphatic rings. The number of methoxy groups -OCH3 is 1. The highest BCUT2D eigenvalue weighted by Gasteiger charge is 2.33. The average molecular weight is 522 g/mol. The summed E-state index contributed by atoms with van der Waals surface area (Å²) in [4.78, 5) is 64.4. The first-order valence-electron chi connectivity index (χ1n) is 12.0. The largest absolute Gasteiger partial charge is 0.505 e. The van der Waals surface area contributed by atoms with E-state index >= 15 is 0 Å². The standard InChI is InChI=1S/C28H31N3O7/c1-15(2)21(20(32)14-18(28(37)38-5)16-10-7-6-8-11-16)30-23-22(25(34)26(23)35)29-19-13-9-12-17(24(19)33)27(36)31(3)4/h6-13,15,18,21,29-30,33H,14H2,1-5H3/t18-,21+/m0/s1. The fourth-order valence-corrected chi connectivity index (χ4v) is 4.11. The molecule has 0 aliphatic heterocycles. The molecule has 200 valence electrons. The number of ketones is 1. The van der Waals surface area contributed by atoms with Crippen LogP contribution >= 0.6 is 0 Å². The number of amides is 1. The molecule has 0 unspecified atom stereocenters. The van der Waals surface area contributed by atoms with Gasteiger partial charge in [0.05, 0.1) is 30.3 Å². The number of anilines is 3. The van der Waals surface area contributed by atoms with Gasteiger partial charge in [-0.3, -0.25) is 24.0 Å². The second-order valence-electron chi connectivity index (χ2n) is 9.46. The fraction of sp³-hybridized carbons (Fsp3) is 0.321. The number of esters is 1. The number of hydrogen-bond donors (Lipinski definition) is 3. The lowest BCUT2D eigenvalue weighted by molar-refractivity contribution is -0.144. The zero-order chi connectivity index (χ0) is 28.1. The van der Waals surface area contributed by atoms with E-state index < -0.39 is 34.7 Å². The Kier molecular flexibility index (Phi) is 8.67. The molecule has 0 saturated carbocycles. The molecule has 3 aromatic carbocycles. The van der Waals surface area contributed by atoms with Crippen molar-refractivity contribution in [1.29, 1.82) is 0 Å². The second kappa shape index (κ2) is 11.7. The lowest BCUT2D eigenvalue weighted by atomic mass is 9.88. The number of phenolic OH excluding ortho intramolecular Hbond substituents is 1. The molecule has 0 fully saturated rings. The molecule has 3 aromatic rings. The number of carbonyl (C=O) groups excluding carboxylic acids is 3. The third kappa shape index (κ3) is 5.74. The summed E-state index contributed by atoms with van der Waals surface area (Å²) in [7, 11) is 4.32. The molecule has 0 bridgehead atoms. The minimum absolute atomic E-state index is 0.0122. The van der Waals surface area contributed by atoms with Gasteiger partial charge in [0, 0.05) is 20.5 Å². The fourth-order valence-electron chi connectivity index (χ4n) is 4.11. The molecule has 10 nitrogen and oxygen atoms in total. The van der Waals surface area contributed by atoms with Crippen LogP contribution in [0.5, 0.6) is 5.75 Å². The van der Waals surface area contributed by atoms with Gasteiger partial charge >= 0.3 is 5.97 Å². The van der Waals surface area contributed by atoms with Crippen LogP contribution in [0.3, 0.4) is 0 Å². The molecule has 3 N–H and O–H groups in total. The first-order valence-corrected chi connectivity index (χ1v) is 12.0. The van der Waals surface area contributed by atoms with E-state index in [9.17, 15) is 29.1 Å². The second-order valence-corrected chi connectivity index (χ2v) is 9.46. The number of ether oxygens (including phenoxy) is 1. The van der Waals surface area contributed by atoms with E-state index in [1.165, 1.54) is 44.3 Å². The Labute approximate surface area is 219 Å². The Morgan fingerprint density at radius 3 is 2.16 bits per heavy atom. The van der Waals surface area contributed by atoms with Crippen molar-refractivity contribution in [3.8, 4) is 5.75 Å². The highest BCUT2D eigenvalue weighted by Crippen LogP contribution is 2.33. The molecule has 0 aromatic heterocycles. The van der Waals surface area contributed by atoms with Crippen LogP contribution < -0.4 is 21.5 Å². The van der Waals surface area contributed by atoms with E-state index in [2.05, 4.69) is 10.6 Å². The molecule has 0 heterocycles. The number of para-hydroxylation sites is 1. The Morgan fingerprint density at radius 2 is 1.58 bits per heavy atom. The molecule has 0 saturated heterocycles. The summed E-state index contributed by atoms with van der Waals surface area (Å²) in [5, 5.41) is 16.2. The van der Waals surface area contributed by atoms with Gasteiger partial charge in [0.2, 0.25) is 0 Å². The topological polar surface area (TPSA) is 142 Å². The normalized spacial score (nSPS) is 12.6. The third-order valence-electron chi connectivity index (χ3n) is 6.25. The van der Waals surface area contributed by atoms with E-state index in [-0.39, 0.29) is 46.5 Å². The summed E-state index contributed by atoms with van der Waals surface area (Å²) in [6.07, 6.45) is -0.180. The minimum atomic E-state index is -0.898. The van der Waals surface area contributed by atoms with Crippen molar-refractivity contribution in [3.05, 3.63) is 80.1 Å². The van der Waals surface area contributed by atoms with Gasteiger partial charge in [-0.2, -0.15) is 0 Å². The molecule has 3 rings (SSSR count). The average Bonchev–Trinajstić information content (AvgIpc) is 2.91. The van der Waals surface area contributed by atoms with Crippen molar-refractivity contribution in [2.24, 2.45) is 5.92 Å². The SMILES string of the molecule is COC(=O)[C@@H](CC(=O)[C@H](Nc1c(Nc2cccc(C(=O)N(C)C)c2O)c(=O)c1=O)C(C)C)c1ccccc1. The number of hydrogen-bond acceptors (Lipinski definition) is 9. The molecule has 0 aliphatic carbocycles. The van der Waals surface area contributed by atoms with Crippen molar-refractivity contribution in [1.82, 2.24) is 4.90 Å². The van der Waals surface area contributed by atoms with E-state index in [4.69, 9.17) is 4.74 Å². The maximum absolute atomic E-state index is 13.4. The minimum Gasteiger partial charge on any atom is -0.505 e. The number of benzene rings is 2. The molecular formula is C28H31N3O7. The van der Waals surface area contributed by atoms with Gasteiger partial charge in [0.25, 0.3) is 16.8 Å². The Hall–Kier alpha value is -4.47. The Morgan fingerprint density at radius 1 is 0.947 bits per heavy atom. The third-order valence-corrected chi connectivity index (χ3v) is 6.25. The van der Waals surface area contributed by atoms with Gasteiger partial charge in [-0.05, 0) is 23.6 Å². The lowest BCUT2D eigenvalue weighted by Gasteiger charge is -2.26. The van der Waals surface area contributed by atoms with Crippen LogP contribution in [0.1, 0.15) is 42.1 Å². The number of carbonyl (C=O) groups is 3. The molecule has 0 spiro atoms. The molecule has 38 heavy (non-hydrogen) atoms. The van der Waals surface area contributed by atoms with Crippen LogP contribution in [0, 0.1) is 5.92 Å². The van der Waals surface area contributed by atoms with E-state index in [0.717, 1.165) is 0 Å². The maximum atomic E-state index is 13.4. The monoisotopic (exact) mass is 521 g/mol. The highest BCUT2D eigenvalue weighted by atomic mass is 16.5. The summed E-state index contributed by atoms with van der Waals surface area (Å²) in [5.41, 5.74) is -1.21. The van der Waals surface area contributed by atoms with Crippen molar-refractivity contribution in [2.45, 2.75) is 32.2 Å². The van der Waals surface area contributed by atoms with Crippen LogP contribution in [0.2, 0.25) is 0 Å². The zero-order valence-corrected chi connectivity index (χ0v) is 21.9. The first kappa shape index (κ1) is 28.1. The van der Waals surface area contributed by atoms with E-state index in [0.29, 0.717) is 5.56 Å². The van der Waals surface area contributed by atoms with Gasteiger partial charge in [0.1, 0.15) is 11.4 Å². The lowest BCUT2D eigenvalue weighted by Crippen LogP contribution is -2.43. The van der Waals surface area contributed by atoms with Crippen LogP contribution in [0.25, 0.3) is 0 Å². The van der Waals surface area contributed by atoms with Crippen molar-refractivity contribution < 1.29 is 24.2 Å². The van der Waals surface area contributed by atoms with Gasteiger partial charge < -0.3 is 25.4 Å². The van der Waals surface area contributed by atoms with Crippen LogP contribution in [-0.2, 0) is 14.3 Å². The zero-order valence-electron chi connectivity index (χ0n) is 21.9. The maximum Gasteiger partial charge on any atom is 0.313 e. The van der Waals surface area contributed by atoms with Crippen LogP contribution in [0.4, 0.5) is 17.1 Å². The predicted molar refractivity (Wildman–Crippen MR) is 144 cm³/mol. The summed E-state index contributed by atoms with van der Waals surface area (Å²) in [5.74, 6) is -2.88. The van der Waals surface area contributed by atoms with Crippen LogP contribution in [0.15, 0.2) is 58.1 Å². The van der Waals surface area contributed by atoms with E-state index in [1.807, 2.05) is 0 Å². The number of aromatic hydroxyl groups is 1. The van der Waals surface area contributed by atoms with Gasteiger partial charge in [-0.1, -0.05) is 50.2 Å². The van der Waals surface area contributed by atoms with Crippen molar-refractivity contribution in [3.63, 3.8) is 0 Å². The smallest absolute Gasteiger partial charge is 0.313 e. The van der Waals surface area contributed by atoms with Crippen molar-refractivity contribution >= 4 is 34.7 Å². The number of phenols is 1. The first-order chi connectivity index (χ1) is 18.0. The summed E-state index contributed by atoms with van der Waals surface area (Å²) in [6.45, 7) is 3.54. The number of nitrogens with one attached hydrogen (secondary N) is 2. The van der Waals surface area contributed by atoms with Gasteiger partial charge in [0.15, 0.2) is 11.5 Å². The predicted octanol–water partition coefficient (Wildman–Crippen LogP) is 2.79. The molecule has 2 atom stereocenters. The molecule has 10 heteroatoms. The number of Topliss-reactive ketones (excluding diaryl/α,β-unsaturated/α-hetero) is 1. The molecule has 0 radical (unpaired) electrons. The summed E-state index contributed by atoms with van der Waals surface area (Å²) in [6, 6.07) is 12.3. The van der Waals surface area contributed by atoms with Crippen molar-refractivity contribution in [2.75, 3.05) is 31.8 Å². The number of rotatable bonds is 11. The summed E-state index contributed by atoms with van der Waals surface area (Å²) < 4.78 is 4.91. The summed E-state index contributed by atoms with van der Waals surface area (Å²) >= 11 is 0. The van der Waals surface area contributed by atoms with Gasteiger partial charge in [-0.15, -0.1) is 0 Å². The Bertz CT molecular complexity index is 1410. The van der Waals surface area contributed by atoms with Crippen LogP contribution in [-0.4, -0.2) is 54.9 Å². The molecule has 1 amide bonds. The number of nitrogens with zero attached hydrogens (tertiary/aromatic N) is 1. The Balaban J connectivity index is 1.88. The quantitative estimate of drug-likeness (QED) is 0.197. The molecular weight excluding hydrogens is 490 g/mol. The van der Waals surface area contributed by atoms with Gasteiger partial charge in [-0.25, -0.2) is 0 Å².